The van der Waals surface area contributed by atoms with Gasteiger partial charge in [-0.3, -0.25) is 9.69 Å². The fourth-order valence-corrected chi connectivity index (χ4v) is 5.16. The maximum absolute atomic E-state index is 12.6. The van der Waals surface area contributed by atoms with E-state index in [1.807, 2.05) is 0 Å². The lowest BCUT2D eigenvalue weighted by molar-refractivity contribution is -0.0280. The summed E-state index contributed by atoms with van der Waals surface area (Å²) < 4.78 is 23.8. The van der Waals surface area contributed by atoms with E-state index >= 15 is 0 Å². The lowest BCUT2D eigenvalue weighted by atomic mass is 9.99. The molecule has 3 unspecified atom stereocenters. The van der Waals surface area contributed by atoms with E-state index in [9.17, 15) is 24.6 Å². The minimum atomic E-state index is -1.16. The molecular formula is C34H44N6O9. The average molecular weight is 681 g/mol. The second-order valence-electron chi connectivity index (χ2n) is 11.2. The molecule has 1 saturated heterocycles. The second-order valence-corrected chi connectivity index (χ2v) is 11.2. The summed E-state index contributed by atoms with van der Waals surface area (Å²) in [6, 6.07) is 16.0. The van der Waals surface area contributed by atoms with Crippen molar-refractivity contribution in [3.05, 3.63) is 94.6 Å². The number of carboxylic acids is 2. The number of hydrogen-bond acceptors (Lipinski definition) is 12. The monoisotopic (exact) mass is 680 g/mol. The molecule has 15 heteroatoms. The van der Waals surface area contributed by atoms with Crippen LogP contribution in [0, 0.1) is 0 Å². The molecule has 3 aromatic rings. The first-order chi connectivity index (χ1) is 23.7. The zero-order valence-electron chi connectivity index (χ0n) is 27.5. The van der Waals surface area contributed by atoms with E-state index in [0.29, 0.717) is 76.2 Å². The summed E-state index contributed by atoms with van der Waals surface area (Å²) in [5, 5.41) is 25.1. The van der Waals surface area contributed by atoms with Crippen molar-refractivity contribution >= 4 is 17.8 Å². The Labute approximate surface area is 284 Å². The third-order valence-electron chi connectivity index (χ3n) is 7.51. The maximum Gasteiger partial charge on any atom is 0.354 e. The molecule has 15 nitrogen and oxygen atoms in total. The van der Waals surface area contributed by atoms with Crippen molar-refractivity contribution < 1.29 is 43.5 Å². The van der Waals surface area contributed by atoms with Crippen molar-refractivity contribution in [1.82, 2.24) is 25.5 Å². The summed E-state index contributed by atoms with van der Waals surface area (Å²) in [7, 11) is 0. The Kier molecular flexibility index (Phi) is 15.0. The number of nitrogens with one attached hydrogen (secondary N) is 2. The molecule has 0 bridgehead atoms. The van der Waals surface area contributed by atoms with Crippen LogP contribution in [0.5, 0.6) is 0 Å². The highest BCUT2D eigenvalue weighted by Gasteiger charge is 2.26. The van der Waals surface area contributed by atoms with Crippen molar-refractivity contribution in [3.63, 3.8) is 0 Å². The molecular weight excluding hydrogens is 636 g/mol. The highest BCUT2D eigenvalue weighted by molar-refractivity contribution is 5.94. The van der Waals surface area contributed by atoms with Crippen molar-refractivity contribution in [3.8, 4) is 0 Å². The Morgan fingerprint density at radius 2 is 1.47 bits per heavy atom. The standard InChI is InChI=1S/C34H44N6O9/c1-23(35)37-32(41)25-10-8-24(9-11-25)31(27-5-3-7-29(39-27)34(44)45)40-14-18-47-21-20-46-16-12-36-13-17-49-30(22-48-19-15-40)26-4-2-6-28(38-26)33(42)43/h2-11,23,30-31,36H,12-22,35H2,1H3,(H,37,41)(H,42,43)(H,44,45). The second kappa shape index (κ2) is 19.6. The normalized spacial score (nSPS) is 19.1. The number of aromatic nitrogens is 2. The van der Waals surface area contributed by atoms with Gasteiger partial charge in [0.25, 0.3) is 5.91 Å². The first-order valence-corrected chi connectivity index (χ1v) is 16.1. The molecule has 264 valence electrons. The van der Waals surface area contributed by atoms with E-state index in [1.165, 1.54) is 12.1 Å². The molecule has 6 N–H and O–H groups in total. The number of ether oxygens (including phenoxy) is 4. The average Bonchev–Trinajstić information content (AvgIpc) is 3.09. The summed E-state index contributed by atoms with van der Waals surface area (Å²) in [5.74, 6) is -2.62. The Balaban J connectivity index is 1.61. The molecule has 1 fully saturated rings. The molecule has 1 aromatic carbocycles. The zero-order chi connectivity index (χ0) is 35.0. The summed E-state index contributed by atoms with van der Waals surface area (Å²) in [6.45, 7) is 5.88. The smallest absolute Gasteiger partial charge is 0.354 e. The van der Waals surface area contributed by atoms with Gasteiger partial charge in [0, 0.05) is 31.7 Å². The van der Waals surface area contributed by atoms with Crippen LogP contribution in [0.3, 0.4) is 0 Å². The lowest BCUT2D eigenvalue weighted by Crippen LogP contribution is -2.39. The van der Waals surface area contributed by atoms with E-state index in [2.05, 4.69) is 25.5 Å². The number of amides is 1. The van der Waals surface area contributed by atoms with Gasteiger partial charge in [-0.25, -0.2) is 19.6 Å². The van der Waals surface area contributed by atoms with Crippen LogP contribution in [0.25, 0.3) is 0 Å². The first kappa shape index (κ1) is 37.5. The van der Waals surface area contributed by atoms with E-state index in [4.69, 9.17) is 24.7 Å². The fourth-order valence-electron chi connectivity index (χ4n) is 5.16. The molecule has 3 atom stereocenters. The highest BCUT2D eigenvalue weighted by Crippen LogP contribution is 2.28. The van der Waals surface area contributed by atoms with Gasteiger partial charge in [0.15, 0.2) is 0 Å². The molecule has 2 aromatic heterocycles. The van der Waals surface area contributed by atoms with Gasteiger partial charge in [0.05, 0.1) is 69.8 Å². The molecule has 4 rings (SSSR count). The predicted molar refractivity (Wildman–Crippen MR) is 177 cm³/mol. The SMILES string of the molecule is CC(N)NC(=O)c1ccc(C(c2cccc(C(=O)O)n2)N2CCOCCOCCNCCOC(c3cccc(C(=O)O)n3)COCC2)cc1. The molecule has 1 amide bonds. The van der Waals surface area contributed by atoms with E-state index in [0.717, 1.165) is 5.56 Å². The number of benzene rings is 1. The summed E-state index contributed by atoms with van der Waals surface area (Å²) in [4.78, 5) is 46.9. The number of carbonyl (C=O) groups is 3. The van der Waals surface area contributed by atoms with Gasteiger partial charge in [0.2, 0.25) is 0 Å². The third kappa shape index (κ3) is 11.9. The predicted octanol–water partition coefficient (Wildman–Crippen LogP) is 1.71. The van der Waals surface area contributed by atoms with Gasteiger partial charge in [-0.2, -0.15) is 0 Å². The maximum atomic E-state index is 12.6. The molecule has 0 spiro atoms. The Bertz CT molecular complexity index is 1510. The van der Waals surface area contributed by atoms with Crippen LogP contribution in [-0.2, 0) is 18.9 Å². The van der Waals surface area contributed by atoms with Gasteiger partial charge in [-0.15, -0.1) is 0 Å². The number of nitrogens with zero attached hydrogens (tertiary/aromatic N) is 3. The fraction of sp³-hybridized carbons (Fsp3) is 0.441. The summed E-state index contributed by atoms with van der Waals surface area (Å²) in [5.41, 5.74) is 7.64. The van der Waals surface area contributed by atoms with Crippen LogP contribution in [0.2, 0.25) is 0 Å². The number of hydrogen-bond donors (Lipinski definition) is 5. The van der Waals surface area contributed by atoms with Crippen LogP contribution in [0.1, 0.15) is 67.4 Å². The minimum Gasteiger partial charge on any atom is -0.477 e. The van der Waals surface area contributed by atoms with E-state index in [-0.39, 0.29) is 30.5 Å². The zero-order valence-corrected chi connectivity index (χ0v) is 27.5. The Morgan fingerprint density at radius 3 is 2.16 bits per heavy atom. The molecule has 0 radical (unpaired) electrons. The van der Waals surface area contributed by atoms with Crippen molar-refractivity contribution in [2.45, 2.75) is 25.2 Å². The van der Waals surface area contributed by atoms with E-state index in [1.54, 1.807) is 55.5 Å². The minimum absolute atomic E-state index is 0.0954. The molecule has 0 saturated carbocycles. The topological polar surface area (TPSA) is 208 Å². The van der Waals surface area contributed by atoms with Crippen molar-refractivity contribution in [1.29, 1.82) is 0 Å². The van der Waals surface area contributed by atoms with Crippen molar-refractivity contribution in [2.24, 2.45) is 5.73 Å². The highest BCUT2D eigenvalue weighted by atomic mass is 16.5. The third-order valence-corrected chi connectivity index (χ3v) is 7.51. The molecule has 1 aliphatic heterocycles. The Hall–Kier alpha value is -4.35. The number of pyridine rings is 2. The van der Waals surface area contributed by atoms with Gasteiger partial charge >= 0.3 is 11.9 Å². The summed E-state index contributed by atoms with van der Waals surface area (Å²) in [6.07, 6.45) is -1.15. The number of carbonyl (C=O) groups excluding carboxylic acids is 1. The van der Waals surface area contributed by atoms with Crippen LogP contribution in [-0.4, -0.2) is 122 Å². The van der Waals surface area contributed by atoms with Crippen LogP contribution in [0.4, 0.5) is 0 Å². The first-order valence-electron chi connectivity index (χ1n) is 16.1. The van der Waals surface area contributed by atoms with Crippen LogP contribution >= 0.6 is 0 Å². The number of rotatable bonds is 8. The van der Waals surface area contributed by atoms with Crippen LogP contribution in [0.15, 0.2) is 60.7 Å². The Morgan fingerprint density at radius 1 is 0.837 bits per heavy atom. The van der Waals surface area contributed by atoms with Gasteiger partial charge < -0.3 is 45.5 Å². The molecule has 3 heterocycles. The molecule has 49 heavy (non-hydrogen) atoms. The van der Waals surface area contributed by atoms with Crippen molar-refractivity contribution in [2.75, 3.05) is 72.4 Å². The number of aromatic carboxylic acids is 2. The lowest BCUT2D eigenvalue weighted by Gasteiger charge is -2.32. The quantitative estimate of drug-likeness (QED) is 0.215. The van der Waals surface area contributed by atoms with Gasteiger partial charge in [-0.05, 0) is 48.9 Å². The van der Waals surface area contributed by atoms with E-state index < -0.39 is 30.3 Å². The molecule has 1 aliphatic rings. The van der Waals surface area contributed by atoms with Crippen LogP contribution < -0.4 is 16.4 Å². The number of nitrogens with two attached hydrogens (primary N) is 1. The largest absolute Gasteiger partial charge is 0.477 e. The van der Waals surface area contributed by atoms with Gasteiger partial charge in [-0.1, -0.05) is 24.3 Å². The number of carboxylic acid groups (broad SMARTS) is 2. The summed E-state index contributed by atoms with van der Waals surface area (Å²) >= 11 is 0. The molecule has 0 aliphatic carbocycles. The van der Waals surface area contributed by atoms with Gasteiger partial charge in [0.1, 0.15) is 17.5 Å².